The van der Waals surface area contributed by atoms with E-state index >= 15 is 0 Å². The van der Waals surface area contributed by atoms with Gasteiger partial charge in [0, 0.05) is 11.8 Å². The normalized spacial score (nSPS) is 9.41. The second kappa shape index (κ2) is 5.97. The van der Waals surface area contributed by atoms with Gasteiger partial charge in [0.05, 0.1) is 11.4 Å². The number of aromatic nitrogens is 1. The predicted molar refractivity (Wildman–Crippen MR) is 72.7 cm³/mol. The van der Waals surface area contributed by atoms with E-state index in [1.807, 2.05) is 42.5 Å². The van der Waals surface area contributed by atoms with Gasteiger partial charge >= 0.3 is 0 Å². The monoisotopic (exact) mass is 240 g/mol. The maximum absolute atomic E-state index is 5.78. The lowest BCUT2D eigenvalue weighted by Crippen LogP contribution is -1.90. The Morgan fingerprint density at radius 1 is 1.12 bits per heavy atom. The number of thioether (sulfide) groups is 1. The Bertz CT molecular complexity index is 541. The molecule has 2 N–H and O–H groups in total. The van der Waals surface area contributed by atoms with Crippen LogP contribution in [0.25, 0.3) is 0 Å². The Morgan fingerprint density at radius 2 is 1.94 bits per heavy atom. The number of rotatable bonds is 2. The molecule has 0 atom stereocenters. The van der Waals surface area contributed by atoms with E-state index in [0.717, 1.165) is 10.6 Å². The fraction of sp³-hybridized carbons (Fsp3) is 0.0714. The zero-order chi connectivity index (χ0) is 11.9. The highest BCUT2D eigenvalue weighted by atomic mass is 32.2. The largest absolute Gasteiger partial charge is 0.397 e. The van der Waals surface area contributed by atoms with Crippen molar-refractivity contribution in [3.05, 3.63) is 54.2 Å². The second-order valence-corrected chi connectivity index (χ2v) is 4.32. The summed E-state index contributed by atoms with van der Waals surface area (Å²) in [6.07, 6.45) is 1.74. The second-order valence-electron chi connectivity index (χ2n) is 3.35. The van der Waals surface area contributed by atoms with Gasteiger partial charge in [0.1, 0.15) is 5.03 Å². The zero-order valence-electron chi connectivity index (χ0n) is 9.26. The number of nitrogen functional groups attached to an aromatic ring is 1. The number of nitrogens with two attached hydrogens (primary N) is 1. The zero-order valence-corrected chi connectivity index (χ0v) is 10.1. The molecule has 84 valence electrons. The van der Waals surface area contributed by atoms with Crippen LogP contribution in [0.15, 0.2) is 53.7 Å². The van der Waals surface area contributed by atoms with E-state index in [0.29, 0.717) is 11.4 Å². The molecule has 1 heterocycles. The number of pyridine rings is 1. The van der Waals surface area contributed by atoms with Crippen molar-refractivity contribution in [3.63, 3.8) is 0 Å². The number of hydrogen-bond acceptors (Lipinski definition) is 3. The highest BCUT2D eigenvalue weighted by Crippen LogP contribution is 2.20. The lowest BCUT2D eigenvalue weighted by Gasteiger charge is -1.99. The van der Waals surface area contributed by atoms with E-state index < -0.39 is 0 Å². The summed E-state index contributed by atoms with van der Waals surface area (Å²) in [5.74, 6) is 6.88. The number of hydrogen-bond donors (Lipinski definition) is 1. The molecule has 0 spiro atoms. The summed E-state index contributed by atoms with van der Waals surface area (Å²) in [5, 5.41) is 0.842. The molecular weight excluding hydrogens is 228 g/mol. The molecule has 2 rings (SSSR count). The van der Waals surface area contributed by atoms with Crippen molar-refractivity contribution in [3.8, 4) is 11.8 Å². The Labute approximate surface area is 105 Å². The van der Waals surface area contributed by atoms with Crippen LogP contribution in [0.2, 0.25) is 0 Å². The molecule has 0 fully saturated rings. The molecule has 0 aliphatic heterocycles. The maximum atomic E-state index is 5.78. The SMILES string of the molecule is Nc1cccnc1SCC#Cc1ccccc1. The molecule has 1 aromatic carbocycles. The number of anilines is 1. The highest BCUT2D eigenvalue weighted by molar-refractivity contribution is 7.99. The third-order valence-corrected chi connectivity index (χ3v) is 2.99. The first kappa shape index (κ1) is 11.6. The van der Waals surface area contributed by atoms with Crippen LogP contribution in [0.3, 0.4) is 0 Å². The van der Waals surface area contributed by atoms with Crippen molar-refractivity contribution >= 4 is 17.4 Å². The van der Waals surface area contributed by atoms with Crippen LogP contribution in [0.1, 0.15) is 5.56 Å². The van der Waals surface area contributed by atoms with Gasteiger partial charge in [-0.05, 0) is 24.3 Å². The van der Waals surface area contributed by atoms with Crippen LogP contribution >= 0.6 is 11.8 Å². The van der Waals surface area contributed by atoms with Gasteiger partial charge in [-0.3, -0.25) is 0 Å². The topological polar surface area (TPSA) is 38.9 Å². The van der Waals surface area contributed by atoms with Gasteiger partial charge in [0.15, 0.2) is 0 Å². The summed E-state index contributed by atoms with van der Waals surface area (Å²) < 4.78 is 0. The predicted octanol–water partition coefficient (Wildman–Crippen LogP) is 2.81. The van der Waals surface area contributed by atoms with Gasteiger partial charge in [-0.15, -0.1) is 0 Å². The van der Waals surface area contributed by atoms with Crippen LogP contribution in [0, 0.1) is 11.8 Å². The first-order valence-electron chi connectivity index (χ1n) is 5.23. The molecule has 2 aromatic rings. The smallest absolute Gasteiger partial charge is 0.120 e. The van der Waals surface area contributed by atoms with Crippen molar-refractivity contribution < 1.29 is 0 Å². The minimum Gasteiger partial charge on any atom is -0.397 e. The lowest BCUT2D eigenvalue weighted by atomic mass is 10.2. The van der Waals surface area contributed by atoms with Gasteiger partial charge in [0.2, 0.25) is 0 Å². The van der Waals surface area contributed by atoms with Gasteiger partial charge in [-0.2, -0.15) is 0 Å². The summed E-state index contributed by atoms with van der Waals surface area (Å²) in [7, 11) is 0. The molecule has 0 saturated carbocycles. The summed E-state index contributed by atoms with van der Waals surface area (Å²) in [4.78, 5) is 4.19. The summed E-state index contributed by atoms with van der Waals surface area (Å²) >= 11 is 1.56. The fourth-order valence-corrected chi connectivity index (χ4v) is 1.94. The van der Waals surface area contributed by atoms with Gasteiger partial charge in [-0.25, -0.2) is 4.98 Å². The van der Waals surface area contributed by atoms with E-state index in [9.17, 15) is 0 Å². The van der Waals surface area contributed by atoms with Gasteiger partial charge in [0.25, 0.3) is 0 Å². The molecule has 0 bridgehead atoms. The highest BCUT2D eigenvalue weighted by Gasteiger charge is 1.97. The summed E-state index contributed by atoms with van der Waals surface area (Å²) in [6, 6.07) is 13.6. The molecule has 0 aliphatic carbocycles. The van der Waals surface area contributed by atoms with Crippen LogP contribution in [0.5, 0.6) is 0 Å². The first-order valence-corrected chi connectivity index (χ1v) is 6.22. The Hall–Kier alpha value is -1.92. The van der Waals surface area contributed by atoms with E-state index in [4.69, 9.17) is 5.73 Å². The summed E-state index contributed by atoms with van der Waals surface area (Å²) in [6.45, 7) is 0. The van der Waals surface area contributed by atoms with E-state index in [1.165, 1.54) is 0 Å². The third kappa shape index (κ3) is 3.54. The summed E-state index contributed by atoms with van der Waals surface area (Å²) in [5.41, 5.74) is 7.52. The van der Waals surface area contributed by atoms with Crippen molar-refractivity contribution in [1.82, 2.24) is 4.98 Å². The Morgan fingerprint density at radius 3 is 2.71 bits per heavy atom. The quantitative estimate of drug-likeness (QED) is 0.648. The van der Waals surface area contributed by atoms with Crippen LogP contribution in [0.4, 0.5) is 5.69 Å². The van der Waals surface area contributed by atoms with Gasteiger partial charge < -0.3 is 5.73 Å². The first-order chi connectivity index (χ1) is 8.36. The minimum atomic E-state index is 0.691. The molecule has 0 radical (unpaired) electrons. The number of nitrogens with zero attached hydrogens (tertiary/aromatic N) is 1. The molecule has 0 unspecified atom stereocenters. The molecule has 3 heteroatoms. The molecular formula is C14H12N2S. The maximum Gasteiger partial charge on any atom is 0.120 e. The molecule has 0 aliphatic rings. The molecule has 0 amide bonds. The third-order valence-electron chi connectivity index (χ3n) is 2.09. The molecule has 1 aromatic heterocycles. The minimum absolute atomic E-state index is 0.691. The Balaban J connectivity index is 1.93. The van der Waals surface area contributed by atoms with E-state index in [1.54, 1.807) is 18.0 Å². The van der Waals surface area contributed by atoms with Gasteiger partial charge in [-0.1, -0.05) is 41.8 Å². The number of benzene rings is 1. The van der Waals surface area contributed by atoms with Crippen LogP contribution < -0.4 is 5.73 Å². The van der Waals surface area contributed by atoms with Crippen LogP contribution in [-0.2, 0) is 0 Å². The lowest BCUT2D eigenvalue weighted by molar-refractivity contribution is 1.14. The average Bonchev–Trinajstić information content (AvgIpc) is 2.38. The molecule has 2 nitrogen and oxygen atoms in total. The standard InChI is InChI=1S/C14H12N2S/c15-13-9-4-10-16-14(13)17-11-5-8-12-6-2-1-3-7-12/h1-4,6-7,9-10H,11,15H2. The molecule has 17 heavy (non-hydrogen) atoms. The fourth-order valence-electron chi connectivity index (χ4n) is 1.29. The van der Waals surface area contributed by atoms with Crippen LogP contribution in [-0.4, -0.2) is 10.7 Å². The van der Waals surface area contributed by atoms with E-state index in [-0.39, 0.29) is 0 Å². The van der Waals surface area contributed by atoms with Crippen molar-refractivity contribution in [2.24, 2.45) is 0 Å². The van der Waals surface area contributed by atoms with E-state index in [2.05, 4.69) is 16.8 Å². The average molecular weight is 240 g/mol. The van der Waals surface area contributed by atoms with Crippen molar-refractivity contribution in [1.29, 1.82) is 0 Å². The van der Waals surface area contributed by atoms with Crippen molar-refractivity contribution in [2.75, 3.05) is 11.5 Å². The molecule has 0 saturated heterocycles. The van der Waals surface area contributed by atoms with Crippen molar-refractivity contribution in [2.45, 2.75) is 5.03 Å². The Kier molecular flexibility index (Phi) is 4.06.